The standard InChI is InChI=1S/C60H38N4O/c1-2-16-43(17-3-1)63-52-23-11-7-18-44(52)45-33-32-41(35-54(45)63)38-26-29-39(30-27-38)49-36-50-46-19-9-13-25-55(46)65-59(50)56-48-21-8-12-24-53(48)64(58(49)56)60-61-51-22-10-6-20-47(51)57(62-60)42-31-28-37-14-4-5-15-40(37)34-42/h1-5,7-19,21-36H,6,20H2. The Morgan fingerprint density at radius 2 is 1.14 bits per heavy atom. The Morgan fingerprint density at radius 3 is 2.00 bits per heavy atom. The molecule has 0 fully saturated rings. The predicted octanol–water partition coefficient (Wildman–Crippen LogP) is 15.7. The lowest BCUT2D eigenvalue weighted by Crippen LogP contribution is -2.10. The topological polar surface area (TPSA) is 48.8 Å². The van der Waals surface area contributed by atoms with Crippen LogP contribution in [0.4, 0.5) is 0 Å². The first kappa shape index (κ1) is 36.0. The summed E-state index contributed by atoms with van der Waals surface area (Å²) in [7, 11) is 0. The number of para-hydroxylation sites is 4. The van der Waals surface area contributed by atoms with Crippen LogP contribution in [0.15, 0.2) is 205 Å². The van der Waals surface area contributed by atoms with Crippen molar-refractivity contribution in [2.45, 2.75) is 12.8 Å². The van der Waals surface area contributed by atoms with Crippen LogP contribution < -0.4 is 0 Å². The number of hydrogen-bond acceptors (Lipinski definition) is 3. The Morgan fingerprint density at radius 1 is 0.462 bits per heavy atom. The third kappa shape index (κ3) is 5.45. The molecule has 9 aromatic carbocycles. The van der Waals surface area contributed by atoms with Crippen molar-refractivity contribution in [1.82, 2.24) is 19.1 Å². The van der Waals surface area contributed by atoms with E-state index >= 15 is 0 Å². The van der Waals surface area contributed by atoms with E-state index in [0.717, 1.165) is 101 Å². The van der Waals surface area contributed by atoms with E-state index in [1.165, 1.54) is 38.1 Å². The largest absolute Gasteiger partial charge is 0.455 e. The van der Waals surface area contributed by atoms with Crippen molar-refractivity contribution >= 4 is 82.4 Å². The summed E-state index contributed by atoms with van der Waals surface area (Å²) in [5.74, 6) is 0.639. The molecule has 4 heterocycles. The number of fused-ring (bicyclic) bond motifs is 12. The third-order valence-corrected chi connectivity index (χ3v) is 13.6. The molecule has 4 aromatic heterocycles. The van der Waals surface area contributed by atoms with Gasteiger partial charge in [-0.3, -0.25) is 4.57 Å². The van der Waals surface area contributed by atoms with Gasteiger partial charge in [-0.15, -0.1) is 0 Å². The summed E-state index contributed by atoms with van der Waals surface area (Å²) in [6.07, 6.45) is 6.26. The van der Waals surface area contributed by atoms with Gasteiger partial charge in [-0.05, 0) is 94.9 Å². The first-order chi connectivity index (χ1) is 32.2. The molecule has 0 saturated heterocycles. The smallest absolute Gasteiger partial charge is 0.235 e. The molecular formula is C60H38N4O. The zero-order valence-corrected chi connectivity index (χ0v) is 35.2. The van der Waals surface area contributed by atoms with E-state index in [2.05, 4.69) is 209 Å². The number of allylic oxidation sites excluding steroid dienone is 1. The second-order valence-electron chi connectivity index (χ2n) is 17.2. The molecule has 0 atom stereocenters. The highest BCUT2D eigenvalue weighted by atomic mass is 16.3. The van der Waals surface area contributed by atoms with Crippen LogP contribution >= 0.6 is 0 Å². The van der Waals surface area contributed by atoms with E-state index in [4.69, 9.17) is 14.4 Å². The van der Waals surface area contributed by atoms with Crippen LogP contribution in [0.3, 0.4) is 0 Å². The molecule has 1 aliphatic rings. The molecule has 0 unspecified atom stereocenters. The fraction of sp³-hybridized carbons (Fsp3) is 0.0333. The van der Waals surface area contributed by atoms with Gasteiger partial charge in [0.25, 0.3) is 0 Å². The number of furan rings is 1. The van der Waals surface area contributed by atoms with Gasteiger partial charge < -0.3 is 8.98 Å². The average molecular weight is 831 g/mol. The van der Waals surface area contributed by atoms with Crippen LogP contribution in [0.2, 0.25) is 0 Å². The second-order valence-corrected chi connectivity index (χ2v) is 17.2. The monoisotopic (exact) mass is 830 g/mol. The average Bonchev–Trinajstić information content (AvgIpc) is 4.04. The molecule has 0 spiro atoms. The van der Waals surface area contributed by atoms with Gasteiger partial charge in [-0.1, -0.05) is 152 Å². The van der Waals surface area contributed by atoms with Crippen molar-refractivity contribution in [3.63, 3.8) is 0 Å². The maximum Gasteiger partial charge on any atom is 0.235 e. The fourth-order valence-corrected chi connectivity index (χ4v) is 10.6. The molecule has 0 N–H and O–H groups in total. The predicted molar refractivity (Wildman–Crippen MR) is 269 cm³/mol. The van der Waals surface area contributed by atoms with Gasteiger partial charge in [0.05, 0.1) is 38.8 Å². The Labute approximate surface area is 373 Å². The van der Waals surface area contributed by atoms with Crippen molar-refractivity contribution in [3.8, 4) is 45.1 Å². The Bertz CT molecular complexity index is 4110. The maximum atomic E-state index is 6.85. The number of rotatable bonds is 5. The van der Waals surface area contributed by atoms with Gasteiger partial charge in [0.15, 0.2) is 0 Å². The van der Waals surface area contributed by atoms with Crippen molar-refractivity contribution < 1.29 is 4.42 Å². The van der Waals surface area contributed by atoms with Crippen molar-refractivity contribution in [2.75, 3.05) is 0 Å². The van der Waals surface area contributed by atoms with Crippen molar-refractivity contribution in [2.24, 2.45) is 0 Å². The van der Waals surface area contributed by atoms with Crippen LogP contribution in [0.1, 0.15) is 17.7 Å². The van der Waals surface area contributed by atoms with Crippen LogP contribution in [-0.4, -0.2) is 19.1 Å². The zero-order chi connectivity index (χ0) is 42.6. The first-order valence-electron chi connectivity index (χ1n) is 22.4. The lowest BCUT2D eigenvalue weighted by atomic mass is 9.95. The molecule has 5 heteroatoms. The summed E-state index contributed by atoms with van der Waals surface area (Å²) in [5, 5.41) is 9.22. The summed E-state index contributed by atoms with van der Waals surface area (Å²) in [5.41, 5.74) is 16.0. The quantitative estimate of drug-likeness (QED) is 0.174. The lowest BCUT2D eigenvalue weighted by Gasteiger charge is -2.18. The van der Waals surface area contributed by atoms with E-state index < -0.39 is 0 Å². The summed E-state index contributed by atoms with van der Waals surface area (Å²) >= 11 is 0. The molecule has 0 bridgehead atoms. The lowest BCUT2D eigenvalue weighted by molar-refractivity contribution is 0.673. The Hall–Kier alpha value is -8.54. The number of benzene rings is 9. The normalized spacial score (nSPS) is 12.7. The Kier molecular flexibility index (Phi) is 7.74. The number of nitrogens with zero attached hydrogens (tertiary/aromatic N) is 4. The second kappa shape index (κ2) is 14.0. The maximum absolute atomic E-state index is 6.85. The SMILES string of the molecule is C1=Cc2nc(-n3c4ccccc4c4c5oc6ccccc6c5cc(-c5ccc(-c6ccc7c8ccccc8n(-c8ccccc8)c7c6)cc5)c43)nc(-c3ccc4ccccc4c3)c2CC1. The molecular weight excluding hydrogens is 793 g/mol. The first-order valence-corrected chi connectivity index (χ1v) is 22.4. The van der Waals surface area contributed by atoms with E-state index in [0.29, 0.717) is 5.95 Å². The minimum absolute atomic E-state index is 0.639. The third-order valence-electron chi connectivity index (χ3n) is 13.6. The highest BCUT2D eigenvalue weighted by Crippen LogP contribution is 2.46. The molecule has 0 amide bonds. The fourth-order valence-electron chi connectivity index (χ4n) is 10.6. The van der Waals surface area contributed by atoms with Gasteiger partial charge in [0.1, 0.15) is 11.2 Å². The molecule has 5 nitrogen and oxygen atoms in total. The van der Waals surface area contributed by atoms with Gasteiger partial charge in [-0.2, -0.15) is 0 Å². The zero-order valence-electron chi connectivity index (χ0n) is 35.2. The minimum Gasteiger partial charge on any atom is -0.455 e. The molecule has 14 rings (SSSR count). The molecule has 0 aliphatic heterocycles. The van der Waals surface area contributed by atoms with E-state index in [-0.39, 0.29) is 0 Å². The highest BCUT2D eigenvalue weighted by Gasteiger charge is 2.26. The summed E-state index contributed by atoms with van der Waals surface area (Å²) in [6, 6.07) is 69.8. The highest BCUT2D eigenvalue weighted by molar-refractivity contribution is 6.27. The van der Waals surface area contributed by atoms with Crippen molar-refractivity contribution in [1.29, 1.82) is 0 Å². The number of hydrogen-bond donors (Lipinski definition) is 0. The molecule has 0 saturated carbocycles. The van der Waals surface area contributed by atoms with Crippen LogP contribution in [0, 0.1) is 0 Å². The minimum atomic E-state index is 0.639. The molecule has 65 heavy (non-hydrogen) atoms. The number of aromatic nitrogens is 4. The Balaban J connectivity index is 1.01. The van der Waals surface area contributed by atoms with Gasteiger partial charge in [-0.25, -0.2) is 9.97 Å². The van der Waals surface area contributed by atoms with Gasteiger partial charge in [0, 0.05) is 49.3 Å². The van der Waals surface area contributed by atoms with E-state index in [9.17, 15) is 0 Å². The molecule has 0 radical (unpaired) electrons. The van der Waals surface area contributed by atoms with Gasteiger partial charge in [0.2, 0.25) is 5.95 Å². The summed E-state index contributed by atoms with van der Waals surface area (Å²) in [4.78, 5) is 11.0. The van der Waals surface area contributed by atoms with Crippen LogP contribution in [0.5, 0.6) is 0 Å². The summed E-state index contributed by atoms with van der Waals surface area (Å²) in [6.45, 7) is 0. The summed E-state index contributed by atoms with van der Waals surface area (Å²) < 4.78 is 11.5. The van der Waals surface area contributed by atoms with Crippen LogP contribution in [0.25, 0.3) is 128 Å². The molecule has 13 aromatic rings. The van der Waals surface area contributed by atoms with Crippen LogP contribution in [-0.2, 0) is 6.42 Å². The molecule has 304 valence electrons. The van der Waals surface area contributed by atoms with E-state index in [1.807, 2.05) is 6.07 Å². The van der Waals surface area contributed by atoms with Crippen molar-refractivity contribution in [3.05, 3.63) is 211 Å². The van der Waals surface area contributed by atoms with E-state index in [1.54, 1.807) is 0 Å². The van der Waals surface area contributed by atoms with Gasteiger partial charge >= 0.3 is 0 Å². The molecule has 1 aliphatic carbocycles.